The van der Waals surface area contributed by atoms with Crippen LogP contribution in [0, 0.1) is 10.1 Å². The number of hydrazine groups is 1. The van der Waals surface area contributed by atoms with Crippen LogP contribution < -0.4 is 19.9 Å². The molecule has 1 saturated heterocycles. The lowest BCUT2D eigenvalue weighted by Crippen LogP contribution is -2.35. The third kappa shape index (κ3) is 4.55. The van der Waals surface area contributed by atoms with Gasteiger partial charge in [0.2, 0.25) is 5.75 Å². The zero-order valence-electron chi connectivity index (χ0n) is 17.9. The average molecular weight is 480 g/mol. The Bertz CT molecular complexity index is 1310. The molecule has 0 aromatic heterocycles. The number of carbonyl (C=O) groups is 2. The van der Waals surface area contributed by atoms with Gasteiger partial charge in [-0.1, -0.05) is 48.0 Å². The number of nitrogens with one attached hydrogen (secondary N) is 1. The molecule has 0 atom stereocenters. The number of rotatable bonds is 7. The number of carbonyl (C=O) groups excluding carboxylic acids is 2. The maximum Gasteiger partial charge on any atom is 0.315 e. The van der Waals surface area contributed by atoms with Gasteiger partial charge in [0, 0.05) is 16.7 Å². The van der Waals surface area contributed by atoms with Gasteiger partial charge in [0.1, 0.15) is 12.2 Å². The molecule has 0 spiro atoms. The van der Waals surface area contributed by atoms with E-state index in [2.05, 4.69) is 5.43 Å². The summed E-state index contributed by atoms with van der Waals surface area (Å²) in [7, 11) is 1.34. The van der Waals surface area contributed by atoms with Gasteiger partial charge in [-0.25, -0.2) is 5.01 Å². The van der Waals surface area contributed by atoms with E-state index < -0.39 is 16.7 Å². The summed E-state index contributed by atoms with van der Waals surface area (Å²) in [5.74, 6) is -1.24. The van der Waals surface area contributed by atoms with Gasteiger partial charge >= 0.3 is 5.69 Å². The number of benzene rings is 3. The second-order valence-electron chi connectivity index (χ2n) is 7.18. The van der Waals surface area contributed by atoms with E-state index in [4.69, 9.17) is 21.1 Å². The number of hydrogen-bond acceptors (Lipinski definition) is 6. The van der Waals surface area contributed by atoms with Crippen molar-refractivity contribution >= 4 is 40.9 Å². The Morgan fingerprint density at radius 3 is 2.47 bits per heavy atom. The fourth-order valence-corrected chi connectivity index (χ4v) is 3.56. The number of anilines is 1. The van der Waals surface area contributed by atoms with Crippen molar-refractivity contribution in [2.24, 2.45) is 0 Å². The molecule has 1 fully saturated rings. The minimum Gasteiger partial charge on any atom is -0.493 e. The summed E-state index contributed by atoms with van der Waals surface area (Å²) in [6, 6.07) is 18.2. The van der Waals surface area contributed by atoms with Crippen LogP contribution in [0.2, 0.25) is 5.02 Å². The van der Waals surface area contributed by atoms with E-state index >= 15 is 0 Å². The Balaban J connectivity index is 1.68. The molecule has 10 heteroatoms. The molecule has 0 radical (unpaired) electrons. The normalized spacial score (nSPS) is 14.3. The number of nitrogens with zero attached hydrogens (tertiary/aromatic N) is 2. The largest absolute Gasteiger partial charge is 0.493 e. The molecule has 3 aromatic carbocycles. The predicted octanol–water partition coefficient (Wildman–Crippen LogP) is 4.30. The summed E-state index contributed by atoms with van der Waals surface area (Å²) in [6.07, 6.45) is 1.27. The summed E-state index contributed by atoms with van der Waals surface area (Å²) in [6.45, 7) is -0.0236. The van der Waals surface area contributed by atoms with Crippen LogP contribution in [0.4, 0.5) is 11.4 Å². The van der Waals surface area contributed by atoms with E-state index in [9.17, 15) is 19.7 Å². The highest BCUT2D eigenvalue weighted by atomic mass is 35.5. The first kappa shape index (κ1) is 22.8. The molecule has 172 valence electrons. The zero-order chi connectivity index (χ0) is 24.2. The van der Waals surface area contributed by atoms with Gasteiger partial charge < -0.3 is 9.47 Å². The Morgan fingerprint density at radius 1 is 1.09 bits per heavy atom. The number of nitro benzene ring substituents is 1. The van der Waals surface area contributed by atoms with Crippen LogP contribution in [0.15, 0.2) is 72.3 Å². The number of ether oxygens (including phenoxy) is 2. The number of para-hydroxylation sites is 1. The average Bonchev–Trinajstić information content (AvgIpc) is 3.12. The van der Waals surface area contributed by atoms with Crippen molar-refractivity contribution in [3.05, 3.63) is 98.6 Å². The maximum absolute atomic E-state index is 12.8. The van der Waals surface area contributed by atoms with Gasteiger partial charge in [0.25, 0.3) is 11.8 Å². The van der Waals surface area contributed by atoms with Crippen LogP contribution in [-0.2, 0) is 16.2 Å². The third-order valence-electron chi connectivity index (χ3n) is 5.02. The molecule has 1 aliphatic heterocycles. The minimum atomic E-state index is -0.630. The van der Waals surface area contributed by atoms with Crippen molar-refractivity contribution in [1.82, 2.24) is 5.43 Å². The van der Waals surface area contributed by atoms with Crippen LogP contribution in [0.25, 0.3) is 6.08 Å². The van der Waals surface area contributed by atoms with Crippen LogP contribution >= 0.6 is 11.6 Å². The van der Waals surface area contributed by atoms with Crippen molar-refractivity contribution in [2.45, 2.75) is 6.61 Å². The molecular weight excluding hydrogens is 462 g/mol. The number of halogens is 1. The molecule has 0 saturated carbocycles. The Hall–Kier alpha value is -4.37. The first-order valence-electron chi connectivity index (χ1n) is 10.0. The van der Waals surface area contributed by atoms with E-state index in [1.54, 1.807) is 54.6 Å². The van der Waals surface area contributed by atoms with Crippen LogP contribution in [-0.4, -0.2) is 23.8 Å². The second kappa shape index (κ2) is 9.63. The Kier molecular flexibility index (Phi) is 6.46. The standard InChI is InChI=1S/C24H18ClN3O6/c1-33-21-13-15(11-18-23(29)26-27(24(18)30)17-8-3-2-4-9-17)12-20(28(31)32)22(21)34-14-16-7-5-6-10-19(16)25/h2-13H,14H2,1H3,(H,26,29)/b18-11-. The fraction of sp³-hybridized carbons (Fsp3) is 0.0833. The molecule has 0 unspecified atom stereocenters. The lowest BCUT2D eigenvalue weighted by molar-refractivity contribution is -0.386. The van der Waals surface area contributed by atoms with E-state index in [1.165, 1.54) is 25.3 Å². The summed E-state index contributed by atoms with van der Waals surface area (Å²) >= 11 is 6.14. The molecule has 0 bridgehead atoms. The SMILES string of the molecule is COc1cc(/C=C2/C(=O)NN(c3ccccc3)C2=O)cc([N+](=O)[O-])c1OCc1ccccc1Cl. The van der Waals surface area contributed by atoms with Gasteiger partial charge in [-0.15, -0.1) is 0 Å². The van der Waals surface area contributed by atoms with Gasteiger partial charge in [0.15, 0.2) is 5.75 Å². The smallest absolute Gasteiger partial charge is 0.315 e. The van der Waals surface area contributed by atoms with Gasteiger partial charge in [-0.2, -0.15) is 0 Å². The molecule has 2 amide bonds. The molecule has 4 rings (SSSR count). The van der Waals surface area contributed by atoms with Crippen LogP contribution in [0.5, 0.6) is 11.5 Å². The van der Waals surface area contributed by atoms with E-state index in [1.807, 2.05) is 0 Å². The monoisotopic (exact) mass is 479 g/mol. The highest BCUT2D eigenvalue weighted by Gasteiger charge is 2.34. The first-order chi connectivity index (χ1) is 16.4. The molecular formula is C24H18ClN3O6. The number of amides is 2. The number of nitro groups is 1. The molecule has 9 nitrogen and oxygen atoms in total. The molecule has 0 aliphatic carbocycles. The topological polar surface area (TPSA) is 111 Å². The van der Waals surface area contributed by atoms with Crippen molar-refractivity contribution in [1.29, 1.82) is 0 Å². The predicted molar refractivity (Wildman–Crippen MR) is 125 cm³/mol. The van der Waals surface area contributed by atoms with Crippen LogP contribution in [0.3, 0.4) is 0 Å². The van der Waals surface area contributed by atoms with E-state index in [0.29, 0.717) is 16.3 Å². The number of methoxy groups -OCH3 is 1. The van der Waals surface area contributed by atoms with Crippen molar-refractivity contribution in [2.75, 3.05) is 12.1 Å². The van der Waals surface area contributed by atoms with Gasteiger partial charge in [0.05, 0.1) is 17.7 Å². The number of hydrogen-bond donors (Lipinski definition) is 1. The summed E-state index contributed by atoms with van der Waals surface area (Å²) in [5.41, 5.74) is 3.27. The lowest BCUT2D eigenvalue weighted by Gasteiger charge is -2.14. The summed E-state index contributed by atoms with van der Waals surface area (Å²) in [4.78, 5) is 36.5. The minimum absolute atomic E-state index is 0.0236. The van der Waals surface area contributed by atoms with Crippen molar-refractivity contribution < 1.29 is 24.0 Å². The Morgan fingerprint density at radius 2 is 1.79 bits per heavy atom. The van der Waals surface area contributed by atoms with Gasteiger partial charge in [-0.05, 0) is 35.9 Å². The fourth-order valence-electron chi connectivity index (χ4n) is 3.37. The van der Waals surface area contributed by atoms with Gasteiger partial charge in [-0.3, -0.25) is 25.1 Å². The molecule has 1 aliphatic rings. The Labute approximate surface area is 199 Å². The second-order valence-corrected chi connectivity index (χ2v) is 7.59. The highest BCUT2D eigenvalue weighted by Crippen LogP contribution is 2.40. The highest BCUT2D eigenvalue weighted by molar-refractivity contribution is 6.32. The first-order valence-corrected chi connectivity index (χ1v) is 10.4. The third-order valence-corrected chi connectivity index (χ3v) is 5.39. The quantitative estimate of drug-likeness (QED) is 0.234. The lowest BCUT2D eigenvalue weighted by atomic mass is 10.1. The molecule has 1 heterocycles. The van der Waals surface area contributed by atoms with Crippen LogP contribution in [0.1, 0.15) is 11.1 Å². The van der Waals surface area contributed by atoms with E-state index in [0.717, 1.165) is 5.01 Å². The van der Waals surface area contributed by atoms with Crippen molar-refractivity contribution in [3.63, 3.8) is 0 Å². The summed E-state index contributed by atoms with van der Waals surface area (Å²) in [5, 5.41) is 13.4. The molecule has 34 heavy (non-hydrogen) atoms. The summed E-state index contributed by atoms with van der Waals surface area (Å²) < 4.78 is 11.0. The maximum atomic E-state index is 12.8. The molecule has 3 aromatic rings. The molecule has 1 N–H and O–H groups in total. The van der Waals surface area contributed by atoms with E-state index in [-0.39, 0.29) is 34.9 Å². The van der Waals surface area contributed by atoms with Crippen molar-refractivity contribution in [3.8, 4) is 11.5 Å². The zero-order valence-corrected chi connectivity index (χ0v) is 18.6.